The zero-order chi connectivity index (χ0) is 17.6. The number of hydrogen-bond acceptors (Lipinski definition) is 8. The Balaban J connectivity index is 1.88. The molecule has 24 heavy (non-hydrogen) atoms. The van der Waals surface area contributed by atoms with E-state index in [4.69, 9.17) is 14.5 Å². The van der Waals surface area contributed by atoms with Gasteiger partial charge in [-0.2, -0.15) is 0 Å². The topological polar surface area (TPSA) is 168 Å². The molecular weight excluding hydrogens is 347 g/mol. The number of rotatable bonds is 4. The van der Waals surface area contributed by atoms with Gasteiger partial charge in [0, 0.05) is 13.5 Å². The number of phosphoric acid groups is 1. The van der Waals surface area contributed by atoms with Gasteiger partial charge in [-0.15, -0.1) is 0 Å². The maximum absolute atomic E-state index is 11.9. The number of ether oxygens (including phenoxy) is 1. The number of H-pyrrole nitrogens is 2. The van der Waals surface area contributed by atoms with Gasteiger partial charge in [-0.3, -0.25) is 19.3 Å². The molecule has 0 aromatic carbocycles. The Morgan fingerprint density at radius 2 is 2.08 bits per heavy atom. The summed E-state index contributed by atoms with van der Waals surface area (Å²) < 4.78 is 21.3. The predicted molar refractivity (Wildman–Crippen MR) is 80.7 cm³/mol. The zero-order valence-corrected chi connectivity index (χ0v) is 13.5. The SMILES string of the molecule is CN1CN([C@H]2C[C@H](OP(=O)(O)O)[C@@H](CO)O2)c2[nH]c(=O)[nH]c(=O)c21. The van der Waals surface area contributed by atoms with Gasteiger partial charge in [0.15, 0.2) is 0 Å². The Labute approximate surface area is 134 Å². The van der Waals surface area contributed by atoms with Gasteiger partial charge in [0.05, 0.1) is 13.3 Å². The van der Waals surface area contributed by atoms with Crippen LogP contribution in [0.1, 0.15) is 6.42 Å². The van der Waals surface area contributed by atoms with E-state index in [9.17, 15) is 19.3 Å². The van der Waals surface area contributed by atoms with E-state index in [2.05, 4.69) is 14.5 Å². The highest BCUT2D eigenvalue weighted by Crippen LogP contribution is 2.43. The second-order valence-electron chi connectivity index (χ2n) is 5.60. The highest BCUT2D eigenvalue weighted by molar-refractivity contribution is 7.46. The molecule has 3 atom stereocenters. The molecule has 0 spiro atoms. The van der Waals surface area contributed by atoms with Gasteiger partial charge in [0.25, 0.3) is 5.56 Å². The van der Waals surface area contributed by atoms with E-state index < -0.39 is 44.1 Å². The van der Waals surface area contributed by atoms with Crippen LogP contribution in [0.15, 0.2) is 9.59 Å². The summed E-state index contributed by atoms with van der Waals surface area (Å²) >= 11 is 0. The van der Waals surface area contributed by atoms with Gasteiger partial charge in [-0.05, 0) is 0 Å². The summed E-state index contributed by atoms with van der Waals surface area (Å²) in [7, 11) is -3.10. The van der Waals surface area contributed by atoms with Crippen molar-refractivity contribution in [3.63, 3.8) is 0 Å². The van der Waals surface area contributed by atoms with Crippen molar-refractivity contribution in [1.29, 1.82) is 0 Å². The van der Waals surface area contributed by atoms with Gasteiger partial charge in [0.2, 0.25) is 0 Å². The lowest BCUT2D eigenvalue weighted by atomic mass is 10.2. The van der Waals surface area contributed by atoms with E-state index in [1.54, 1.807) is 16.8 Å². The molecule has 1 fully saturated rings. The molecule has 0 saturated carbocycles. The smallest absolute Gasteiger partial charge is 0.394 e. The van der Waals surface area contributed by atoms with Crippen molar-refractivity contribution in [2.45, 2.75) is 24.9 Å². The summed E-state index contributed by atoms with van der Waals surface area (Å²) in [6, 6.07) is 0. The van der Waals surface area contributed by atoms with Crippen molar-refractivity contribution in [3.05, 3.63) is 20.8 Å². The monoisotopic (exact) mass is 364 g/mol. The van der Waals surface area contributed by atoms with E-state index >= 15 is 0 Å². The minimum Gasteiger partial charge on any atom is -0.394 e. The van der Waals surface area contributed by atoms with Crippen LogP contribution >= 0.6 is 7.82 Å². The maximum Gasteiger partial charge on any atom is 0.469 e. The first kappa shape index (κ1) is 17.1. The highest BCUT2D eigenvalue weighted by atomic mass is 31.2. The van der Waals surface area contributed by atoms with Gasteiger partial charge >= 0.3 is 13.5 Å². The van der Waals surface area contributed by atoms with Crippen LogP contribution in [0.25, 0.3) is 0 Å². The lowest BCUT2D eigenvalue weighted by Crippen LogP contribution is -2.38. The van der Waals surface area contributed by atoms with Crippen LogP contribution < -0.4 is 21.0 Å². The molecule has 12 nitrogen and oxygen atoms in total. The zero-order valence-electron chi connectivity index (χ0n) is 12.6. The number of nitrogens with zero attached hydrogens (tertiary/aromatic N) is 2. The maximum atomic E-state index is 11.9. The van der Waals surface area contributed by atoms with E-state index in [1.165, 1.54) is 0 Å². The molecule has 3 rings (SSSR count). The molecule has 0 radical (unpaired) electrons. The molecular formula is C11H17N4O8P. The lowest BCUT2D eigenvalue weighted by Gasteiger charge is -2.25. The van der Waals surface area contributed by atoms with Crippen molar-refractivity contribution in [2.75, 3.05) is 30.1 Å². The number of hydrogen-bond donors (Lipinski definition) is 5. The molecule has 2 aliphatic heterocycles. The van der Waals surface area contributed by atoms with Crippen LogP contribution in [0.3, 0.4) is 0 Å². The quantitative estimate of drug-likeness (QED) is 0.372. The molecule has 0 amide bonds. The third-order valence-corrected chi connectivity index (χ3v) is 4.46. The molecule has 0 bridgehead atoms. The molecule has 1 saturated heterocycles. The first-order chi connectivity index (χ1) is 11.2. The largest absolute Gasteiger partial charge is 0.469 e. The number of aromatic nitrogens is 2. The second-order valence-corrected chi connectivity index (χ2v) is 6.79. The lowest BCUT2D eigenvalue weighted by molar-refractivity contribution is -0.0216. The Bertz CT molecular complexity index is 787. The molecule has 0 unspecified atom stereocenters. The first-order valence-electron chi connectivity index (χ1n) is 7.04. The first-order valence-corrected chi connectivity index (χ1v) is 8.57. The van der Waals surface area contributed by atoms with Crippen molar-refractivity contribution in [1.82, 2.24) is 9.97 Å². The minimum absolute atomic E-state index is 0.0401. The molecule has 3 heterocycles. The van der Waals surface area contributed by atoms with Crippen molar-refractivity contribution < 1.29 is 28.7 Å². The standard InChI is InChI=1S/C11H17N4O8P/c1-14-4-15(9-8(14)10(17)13-11(18)12-9)7-2-5(6(3-16)22-7)23-24(19,20)21/h5-7,16H,2-4H2,1H3,(H2,19,20,21)(H2,12,13,17,18)/t5-,6+,7+/m0/s1. The molecule has 1 aromatic heterocycles. The van der Waals surface area contributed by atoms with Crippen molar-refractivity contribution in [2.24, 2.45) is 0 Å². The Morgan fingerprint density at radius 1 is 1.38 bits per heavy atom. The van der Waals surface area contributed by atoms with Crippen LogP contribution in [0, 0.1) is 0 Å². The number of fused-ring (bicyclic) bond motifs is 1. The molecule has 1 aromatic rings. The fraction of sp³-hybridized carbons (Fsp3) is 0.636. The number of aromatic amines is 2. The van der Waals surface area contributed by atoms with Crippen LogP contribution in [0.2, 0.25) is 0 Å². The number of aliphatic hydroxyl groups is 1. The number of anilines is 2. The van der Waals surface area contributed by atoms with E-state index in [1.807, 2.05) is 0 Å². The van der Waals surface area contributed by atoms with Crippen molar-refractivity contribution in [3.8, 4) is 0 Å². The average molecular weight is 364 g/mol. The van der Waals surface area contributed by atoms with E-state index in [0.717, 1.165) is 0 Å². The van der Waals surface area contributed by atoms with Gasteiger partial charge in [0.1, 0.15) is 29.9 Å². The Kier molecular flexibility index (Phi) is 4.28. The van der Waals surface area contributed by atoms with Crippen LogP contribution in [-0.2, 0) is 13.8 Å². The third kappa shape index (κ3) is 3.11. The second kappa shape index (κ2) is 5.99. The van der Waals surface area contributed by atoms with Crippen LogP contribution in [0.5, 0.6) is 0 Å². The Morgan fingerprint density at radius 3 is 2.71 bits per heavy atom. The summed E-state index contributed by atoms with van der Waals surface area (Å²) in [6.07, 6.45) is -2.66. The number of nitrogens with one attached hydrogen (secondary N) is 2. The van der Waals surface area contributed by atoms with Gasteiger partial charge in [-0.1, -0.05) is 0 Å². The fourth-order valence-electron chi connectivity index (χ4n) is 2.98. The summed E-state index contributed by atoms with van der Waals surface area (Å²) in [5.41, 5.74) is -0.990. The summed E-state index contributed by atoms with van der Waals surface area (Å²) in [5, 5.41) is 9.33. The van der Waals surface area contributed by atoms with Gasteiger partial charge < -0.3 is 29.4 Å². The number of phosphoric ester groups is 1. The van der Waals surface area contributed by atoms with Crippen LogP contribution in [0.4, 0.5) is 11.5 Å². The van der Waals surface area contributed by atoms with E-state index in [-0.39, 0.29) is 24.6 Å². The van der Waals surface area contributed by atoms with Crippen LogP contribution in [-0.4, -0.2) is 63.6 Å². The number of aliphatic hydroxyl groups excluding tert-OH is 1. The summed E-state index contributed by atoms with van der Waals surface area (Å²) in [6.45, 7) is -0.284. The Hall–Kier alpha value is -1.69. The average Bonchev–Trinajstić information content (AvgIpc) is 2.98. The fourth-order valence-corrected chi connectivity index (χ4v) is 3.55. The molecule has 13 heteroatoms. The third-order valence-electron chi connectivity index (χ3n) is 3.91. The predicted octanol–water partition coefficient (Wildman–Crippen LogP) is -2.14. The van der Waals surface area contributed by atoms with Crippen molar-refractivity contribution >= 4 is 19.3 Å². The molecule has 0 aliphatic carbocycles. The van der Waals surface area contributed by atoms with E-state index in [0.29, 0.717) is 0 Å². The summed E-state index contributed by atoms with van der Waals surface area (Å²) in [5.74, 6) is 0.241. The molecule has 134 valence electrons. The minimum atomic E-state index is -4.75. The summed E-state index contributed by atoms with van der Waals surface area (Å²) in [4.78, 5) is 49.2. The highest BCUT2D eigenvalue weighted by Gasteiger charge is 2.44. The van der Waals surface area contributed by atoms with Gasteiger partial charge in [-0.25, -0.2) is 9.36 Å². The normalized spacial score (nSPS) is 26.9. The molecule has 5 N–H and O–H groups in total. The molecule has 2 aliphatic rings.